The van der Waals surface area contributed by atoms with Gasteiger partial charge in [0.2, 0.25) is 0 Å². The molecule has 0 fully saturated rings. The van der Waals surface area contributed by atoms with E-state index in [9.17, 15) is 14.9 Å². The zero-order chi connectivity index (χ0) is 19.6. The Balaban J connectivity index is 2.01. The molecule has 3 aromatic rings. The minimum absolute atomic E-state index is 0.128. The van der Waals surface area contributed by atoms with E-state index in [-0.39, 0.29) is 17.2 Å². The Kier molecular flexibility index (Phi) is 5.27. The quantitative estimate of drug-likeness (QED) is 0.534. The summed E-state index contributed by atoms with van der Waals surface area (Å²) in [5.41, 5.74) is 3.32. The molecule has 138 valence electrons. The van der Waals surface area contributed by atoms with Crippen LogP contribution in [-0.2, 0) is 0 Å². The van der Waals surface area contributed by atoms with Crippen molar-refractivity contribution in [2.24, 2.45) is 0 Å². The van der Waals surface area contributed by atoms with Gasteiger partial charge in [-0.3, -0.25) is 19.5 Å². The third-order valence-electron chi connectivity index (χ3n) is 4.06. The first-order valence-corrected chi connectivity index (χ1v) is 9.01. The molecule has 0 aliphatic carbocycles. The van der Waals surface area contributed by atoms with Crippen molar-refractivity contribution in [1.29, 1.82) is 0 Å². The highest BCUT2D eigenvalue weighted by atomic mass is 32.2. The van der Waals surface area contributed by atoms with Gasteiger partial charge in [-0.1, -0.05) is 17.7 Å². The number of aryl methyl sites for hydroxylation is 2. The van der Waals surface area contributed by atoms with E-state index < -0.39 is 4.92 Å². The Morgan fingerprint density at radius 1 is 1.22 bits per heavy atom. The van der Waals surface area contributed by atoms with Crippen LogP contribution in [0.1, 0.15) is 21.5 Å². The predicted octanol–water partition coefficient (Wildman–Crippen LogP) is 3.91. The Bertz CT molecular complexity index is 1030. The normalized spacial score (nSPS) is 10.6. The van der Waals surface area contributed by atoms with Crippen molar-refractivity contribution in [2.45, 2.75) is 23.9 Å². The number of imidazole rings is 1. The molecule has 2 aromatic carbocycles. The maximum Gasteiger partial charge on any atom is 0.284 e. The summed E-state index contributed by atoms with van der Waals surface area (Å²) in [6.07, 6.45) is 3.48. The minimum atomic E-state index is -0.487. The number of hydrogen-bond acceptors (Lipinski definition) is 5. The highest BCUT2D eigenvalue weighted by Crippen LogP contribution is 2.36. The van der Waals surface area contributed by atoms with Crippen LogP contribution in [0.25, 0.3) is 5.69 Å². The third kappa shape index (κ3) is 3.85. The van der Waals surface area contributed by atoms with Gasteiger partial charge in [-0.05, 0) is 49.4 Å². The van der Waals surface area contributed by atoms with Crippen LogP contribution in [0.3, 0.4) is 0 Å². The topological polar surface area (TPSA) is 90.1 Å². The molecule has 8 heteroatoms. The molecule has 0 aliphatic heterocycles. The highest BCUT2D eigenvalue weighted by molar-refractivity contribution is 7.99. The maximum absolute atomic E-state index is 11.8. The summed E-state index contributed by atoms with van der Waals surface area (Å²) < 4.78 is 1.90. The SMILES string of the molecule is CNC(=O)c1ccc(Sc2nccn2-c2ccc(C)cc2C)c([N+](=O)[O-])c1. The molecule has 0 atom stereocenters. The molecular formula is C19H18N4O3S. The van der Waals surface area contributed by atoms with Gasteiger partial charge in [0.15, 0.2) is 5.16 Å². The molecule has 0 unspecified atom stereocenters. The number of nitrogens with one attached hydrogen (secondary N) is 1. The van der Waals surface area contributed by atoms with E-state index in [0.29, 0.717) is 10.1 Å². The highest BCUT2D eigenvalue weighted by Gasteiger charge is 2.20. The Morgan fingerprint density at radius 2 is 2.00 bits per heavy atom. The van der Waals surface area contributed by atoms with Gasteiger partial charge < -0.3 is 5.32 Å². The van der Waals surface area contributed by atoms with E-state index in [0.717, 1.165) is 16.8 Å². The molecule has 0 saturated heterocycles. The van der Waals surface area contributed by atoms with Gasteiger partial charge in [0.25, 0.3) is 11.6 Å². The lowest BCUT2D eigenvalue weighted by atomic mass is 10.1. The smallest absolute Gasteiger partial charge is 0.284 e. The second kappa shape index (κ2) is 7.63. The molecule has 1 N–H and O–H groups in total. The van der Waals surface area contributed by atoms with Crippen LogP contribution < -0.4 is 5.32 Å². The largest absolute Gasteiger partial charge is 0.355 e. The average molecular weight is 382 g/mol. The number of hydrogen-bond donors (Lipinski definition) is 1. The van der Waals surface area contributed by atoms with Gasteiger partial charge >= 0.3 is 0 Å². The Hall–Kier alpha value is -3.13. The minimum Gasteiger partial charge on any atom is -0.355 e. The number of nitro benzene ring substituents is 1. The van der Waals surface area contributed by atoms with Gasteiger partial charge in [0.05, 0.1) is 15.5 Å². The van der Waals surface area contributed by atoms with Crippen molar-refractivity contribution in [3.8, 4) is 5.69 Å². The van der Waals surface area contributed by atoms with Crippen LogP contribution in [-0.4, -0.2) is 27.4 Å². The number of amides is 1. The predicted molar refractivity (Wildman–Crippen MR) is 104 cm³/mol. The van der Waals surface area contributed by atoms with Crippen LogP contribution >= 0.6 is 11.8 Å². The summed E-state index contributed by atoms with van der Waals surface area (Å²) in [6, 6.07) is 10.5. The van der Waals surface area contributed by atoms with Crippen molar-refractivity contribution < 1.29 is 9.72 Å². The first-order chi connectivity index (χ1) is 12.9. The van der Waals surface area contributed by atoms with Crippen LogP contribution in [0.5, 0.6) is 0 Å². The number of nitro groups is 1. The number of benzene rings is 2. The molecule has 0 saturated carbocycles. The number of nitrogens with zero attached hydrogens (tertiary/aromatic N) is 3. The van der Waals surface area contributed by atoms with Gasteiger partial charge in [0.1, 0.15) is 0 Å². The molecule has 1 heterocycles. The van der Waals surface area contributed by atoms with Crippen molar-refractivity contribution in [3.05, 3.63) is 75.6 Å². The van der Waals surface area contributed by atoms with E-state index in [1.54, 1.807) is 18.3 Å². The lowest BCUT2D eigenvalue weighted by Gasteiger charge is -2.11. The first kappa shape index (κ1) is 18.7. The monoisotopic (exact) mass is 382 g/mol. The van der Waals surface area contributed by atoms with Crippen molar-refractivity contribution in [1.82, 2.24) is 14.9 Å². The summed E-state index contributed by atoms with van der Waals surface area (Å²) in [4.78, 5) is 27.5. The van der Waals surface area contributed by atoms with Crippen molar-refractivity contribution in [3.63, 3.8) is 0 Å². The lowest BCUT2D eigenvalue weighted by molar-refractivity contribution is -0.387. The summed E-state index contributed by atoms with van der Waals surface area (Å²) in [7, 11) is 1.48. The third-order valence-corrected chi connectivity index (χ3v) is 5.11. The van der Waals surface area contributed by atoms with Crippen LogP contribution in [0, 0.1) is 24.0 Å². The molecule has 1 aromatic heterocycles. The first-order valence-electron chi connectivity index (χ1n) is 8.20. The maximum atomic E-state index is 11.8. The van der Waals surface area contributed by atoms with Crippen LogP contribution in [0.4, 0.5) is 5.69 Å². The number of carbonyl (C=O) groups is 1. The average Bonchev–Trinajstić information content (AvgIpc) is 3.09. The van der Waals surface area contributed by atoms with Crippen molar-refractivity contribution in [2.75, 3.05) is 7.05 Å². The second-order valence-corrected chi connectivity index (χ2v) is 7.00. The zero-order valence-corrected chi connectivity index (χ0v) is 15.9. The van der Waals surface area contributed by atoms with Crippen molar-refractivity contribution >= 4 is 23.4 Å². The molecule has 1 amide bonds. The fraction of sp³-hybridized carbons (Fsp3) is 0.158. The number of carbonyl (C=O) groups excluding carboxylic acids is 1. The molecule has 27 heavy (non-hydrogen) atoms. The van der Waals surface area contributed by atoms with E-state index in [1.165, 1.54) is 24.9 Å². The van der Waals surface area contributed by atoms with E-state index in [2.05, 4.69) is 16.4 Å². The fourth-order valence-electron chi connectivity index (χ4n) is 2.75. The molecule has 0 spiro atoms. The van der Waals surface area contributed by atoms with Gasteiger partial charge in [-0.15, -0.1) is 0 Å². The summed E-state index contributed by atoms with van der Waals surface area (Å²) in [5, 5.41) is 14.6. The Labute approximate surface area is 160 Å². The second-order valence-electron chi connectivity index (χ2n) is 5.99. The molecule has 0 aliphatic rings. The van der Waals surface area contributed by atoms with Crippen LogP contribution in [0.15, 0.2) is 58.8 Å². The number of rotatable bonds is 5. The fourth-order valence-corrected chi connectivity index (χ4v) is 3.70. The molecule has 7 nitrogen and oxygen atoms in total. The van der Waals surface area contributed by atoms with Crippen LogP contribution in [0.2, 0.25) is 0 Å². The standard InChI is InChI=1S/C19H18N4O3S/c1-12-4-6-15(13(2)10-12)22-9-8-21-19(22)27-17-7-5-14(18(24)20-3)11-16(17)23(25)26/h4-11H,1-3H3,(H,20,24). The molecular weight excluding hydrogens is 364 g/mol. The van der Waals surface area contributed by atoms with Gasteiger partial charge in [-0.2, -0.15) is 0 Å². The van der Waals surface area contributed by atoms with Gasteiger partial charge in [0, 0.05) is 31.1 Å². The summed E-state index contributed by atoms with van der Waals surface area (Å²) in [6.45, 7) is 4.04. The zero-order valence-electron chi connectivity index (χ0n) is 15.1. The van der Waals surface area contributed by atoms with E-state index >= 15 is 0 Å². The van der Waals surface area contributed by atoms with Gasteiger partial charge in [-0.25, -0.2) is 4.98 Å². The summed E-state index contributed by atoms with van der Waals surface area (Å²) in [5.74, 6) is -0.369. The molecule has 0 bridgehead atoms. The van der Waals surface area contributed by atoms with E-state index in [4.69, 9.17) is 0 Å². The lowest BCUT2D eigenvalue weighted by Crippen LogP contribution is -2.17. The van der Waals surface area contributed by atoms with E-state index in [1.807, 2.05) is 36.7 Å². The Morgan fingerprint density at radius 3 is 2.67 bits per heavy atom. The molecule has 0 radical (unpaired) electrons. The summed E-state index contributed by atoms with van der Waals surface area (Å²) >= 11 is 1.19. The molecule has 3 rings (SSSR count). The number of aromatic nitrogens is 2.